The van der Waals surface area contributed by atoms with E-state index >= 15 is 0 Å². The van der Waals surface area contributed by atoms with Gasteiger partial charge in [-0.2, -0.15) is 0 Å². The molecule has 0 spiro atoms. The number of anilines is 2. The van der Waals surface area contributed by atoms with Gasteiger partial charge in [0.15, 0.2) is 0 Å². The Morgan fingerprint density at radius 2 is 1.70 bits per heavy atom. The lowest BCUT2D eigenvalue weighted by Crippen LogP contribution is -2.30. The van der Waals surface area contributed by atoms with Crippen molar-refractivity contribution in [3.8, 4) is 5.75 Å². The fourth-order valence-electron chi connectivity index (χ4n) is 2.73. The number of carbonyl (C=O) groups excluding carboxylic acids is 1. The number of methoxy groups -OCH3 is 1. The van der Waals surface area contributed by atoms with Crippen LogP contribution in [0.3, 0.4) is 0 Å². The Morgan fingerprint density at radius 1 is 1.00 bits per heavy atom. The monoisotopic (exact) mass is 361 g/mol. The van der Waals surface area contributed by atoms with Gasteiger partial charge in [-0.25, -0.2) is 4.98 Å². The number of amides is 1. The summed E-state index contributed by atoms with van der Waals surface area (Å²) in [4.78, 5) is 18.9. The second-order valence-electron chi connectivity index (χ2n) is 6.09. The van der Waals surface area contributed by atoms with Crippen LogP contribution < -0.4 is 10.1 Å². The van der Waals surface area contributed by atoms with Crippen LogP contribution >= 0.6 is 0 Å². The molecular formula is C22H23N3O2. The lowest BCUT2D eigenvalue weighted by Gasteiger charge is -2.20. The van der Waals surface area contributed by atoms with Crippen molar-refractivity contribution >= 4 is 17.3 Å². The van der Waals surface area contributed by atoms with Crippen LogP contribution in [0.15, 0.2) is 72.9 Å². The summed E-state index contributed by atoms with van der Waals surface area (Å²) in [5, 5.41) is 3.26. The molecule has 0 bridgehead atoms. The standard InChI is InChI=1S/C22H23N3O2/c1-3-25(16-17-7-5-4-6-8-17)22(26)21-14-11-19(15-23-21)24-18-9-12-20(27-2)13-10-18/h4-15,24H,3,16H2,1-2H3. The molecule has 0 saturated heterocycles. The summed E-state index contributed by atoms with van der Waals surface area (Å²) in [5.74, 6) is 0.732. The minimum absolute atomic E-state index is 0.0719. The van der Waals surface area contributed by atoms with Gasteiger partial charge in [0.05, 0.1) is 19.0 Å². The van der Waals surface area contributed by atoms with Crippen molar-refractivity contribution in [3.63, 3.8) is 0 Å². The number of ether oxygens (including phenoxy) is 1. The number of rotatable bonds is 7. The second kappa shape index (κ2) is 8.85. The fraction of sp³-hybridized carbons (Fsp3) is 0.182. The van der Waals surface area contributed by atoms with Gasteiger partial charge in [-0.05, 0) is 48.9 Å². The van der Waals surface area contributed by atoms with Gasteiger partial charge < -0.3 is 15.0 Å². The third kappa shape index (κ3) is 4.85. The van der Waals surface area contributed by atoms with Gasteiger partial charge in [0.2, 0.25) is 0 Å². The number of benzene rings is 2. The second-order valence-corrected chi connectivity index (χ2v) is 6.09. The lowest BCUT2D eigenvalue weighted by atomic mass is 10.2. The number of pyridine rings is 1. The van der Waals surface area contributed by atoms with Crippen LogP contribution in [0.2, 0.25) is 0 Å². The Bertz CT molecular complexity index is 862. The van der Waals surface area contributed by atoms with E-state index in [1.54, 1.807) is 24.3 Å². The highest BCUT2D eigenvalue weighted by Crippen LogP contribution is 2.20. The van der Waals surface area contributed by atoms with E-state index in [1.165, 1.54) is 0 Å². The zero-order valence-corrected chi connectivity index (χ0v) is 15.6. The first-order valence-corrected chi connectivity index (χ1v) is 8.90. The molecule has 0 radical (unpaired) electrons. The number of hydrogen-bond acceptors (Lipinski definition) is 4. The van der Waals surface area contributed by atoms with Crippen LogP contribution in [0.25, 0.3) is 0 Å². The van der Waals surface area contributed by atoms with Crippen LogP contribution in [0.4, 0.5) is 11.4 Å². The van der Waals surface area contributed by atoms with Crippen molar-refractivity contribution in [3.05, 3.63) is 84.2 Å². The van der Waals surface area contributed by atoms with Crippen molar-refractivity contribution in [2.75, 3.05) is 19.0 Å². The third-order valence-electron chi connectivity index (χ3n) is 4.25. The molecule has 5 heteroatoms. The Kier molecular flexibility index (Phi) is 6.05. The summed E-state index contributed by atoms with van der Waals surface area (Å²) in [5.41, 5.74) is 3.29. The summed E-state index contributed by atoms with van der Waals surface area (Å²) >= 11 is 0. The SMILES string of the molecule is CCN(Cc1ccccc1)C(=O)c1ccc(Nc2ccc(OC)cc2)cn1. The predicted molar refractivity (Wildman–Crippen MR) is 107 cm³/mol. The molecule has 1 N–H and O–H groups in total. The maximum Gasteiger partial charge on any atom is 0.272 e. The number of nitrogens with zero attached hydrogens (tertiary/aromatic N) is 2. The molecule has 27 heavy (non-hydrogen) atoms. The first-order valence-electron chi connectivity index (χ1n) is 8.90. The zero-order valence-electron chi connectivity index (χ0n) is 15.6. The van der Waals surface area contributed by atoms with Gasteiger partial charge >= 0.3 is 0 Å². The molecule has 0 saturated carbocycles. The first kappa shape index (κ1) is 18.5. The average molecular weight is 361 g/mol. The largest absolute Gasteiger partial charge is 0.497 e. The molecule has 0 aliphatic rings. The average Bonchev–Trinajstić information content (AvgIpc) is 2.73. The number of aromatic nitrogens is 1. The highest BCUT2D eigenvalue weighted by molar-refractivity contribution is 5.92. The van der Waals surface area contributed by atoms with Crippen LogP contribution in [-0.4, -0.2) is 29.4 Å². The number of nitrogens with one attached hydrogen (secondary N) is 1. The molecule has 2 aromatic carbocycles. The van der Waals surface area contributed by atoms with E-state index in [2.05, 4.69) is 10.3 Å². The van der Waals surface area contributed by atoms with E-state index < -0.39 is 0 Å². The molecule has 0 aliphatic carbocycles. The molecule has 1 aromatic heterocycles. The fourth-order valence-corrected chi connectivity index (χ4v) is 2.73. The molecule has 0 unspecified atom stereocenters. The van der Waals surface area contributed by atoms with E-state index in [-0.39, 0.29) is 5.91 Å². The Hall–Kier alpha value is -3.34. The predicted octanol–water partition coefficient (Wildman–Crippen LogP) is 4.50. The molecule has 0 aliphatic heterocycles. The Balaban J connectivity index is 1.66. The maximum absolute atomic E-state index is 12.7. The van der Waals surface area contributed by atoms with Gasteiger partial charge in [0.25, 0.3) is 5.91 Å². The van der Waals surface area contributed by atoms with Gasteiger partial charge in [0, 0.05) is 18.8 Å². The summed E-state index contributed by atoms with van der Waals surface area (Å²) in [6.07, 6.45) is 1.67. The molecule has 0 atom stereocenters. The molecule has 3 rings (SSSR count). The highest BCUT2D eigenvalue weighted by Gasteiger charge is 2.15. The Labute approximate surface area is 159 Å². The molecule has 1 heterocycles. The molecule has 3 aromatic rings. The molecule has 0 fully saturated rings. The molecule has 138 valence electrons. The summed E-state index contributed by atoms with van der Waals surface area (Å²) in [7, 11) is 1.64. The number of carbonyl (C=O) groups is 1. The van der Waals surface area contributed by atoms with Crippen molar-refractivity contribution < 1.29 is 9.53 Å². The summed E-state index contributed by atoms with van der Waals surface area (Å²) in [6, 6.07) is 21.2. The lowest BCUT2D eigenvalue weighted by molar-refractivity contribution is 0.0746. The molecule has 1 amide bonds. The van der Waals surface area contributed by atoms with E-state index in [0.29, 0.717) is 18.8 Å². The van der Waals surface area contributed by atoms with Gasteiger partial charge in [-0.1, -0.05) is 30.3 Å². The van der Waals surface area contributed by atoms with Gasteiger partial charge in [0.1, 0.15) is 11.4 Å². The Morgan fingerprint density at radius 3 is 2.30 bits per heavy atom. The quantitative estimate of drug-likeness (QED) is 0.673. The van der Waals surface area contributed by atoms with Crippen LogP contribution in [0, 0.1) is 0 Å². The van der Waals surface area contributed by atoms with E-state index in [0.717, 1.165) is 22.7 Å². The van der Waals surface area contributed by atoms with E-state index in [1.807, 2.05) is 67.6 Å². The molecular weight excluding hydrogens is 338 g/mol. The first-order chi connectivity index (χ1) is 13.2. The van der Waals surface area contributed by atoms with Crippen LogP contribution in [0.5, 0.6) is 5.75 Å². The maximum atomic E-state index is 12.7. The van der Waals surface area contributed by atoms with Crippen molar-refractivity contribution in [1.82, 2.24) is 9.88 Å². The minimum Gasteiger partial charge on any atom is -0.497 e. The van der Waals surface area contributed by atoms with Crippen molar-refractivity contribution in [1.29, 1.82) is 0 Å². The minimum atomic E-state index is -0.0719. The van der Waals surface area contributed by atoms with Gasteiger partial charge in [-0.15, -0.1) is 0 Å². The zero-order chi connectivity index (χ0) is 19.1. The third-order valence-corrected chi connectivity index (χ3v) is 4.25. The van der Waals surface area contributed by atoms with Crippen LogP contribution in [-0.2, 0) is 6.54 Å². The van der Waals surface area contributed by atoms with Crippen molar-refractivity contribution in [2.45, 2.75) is 13.5 Å². The number of hydrogen-bond donors (Lipinski definition) is 1. The molecule has 5 nitrogen and oxygen atoms in total. The van der Waals surface area contributed by atoms with Gasteiger partial charge in [-0.3, -0.25) is 4.79 Å². The topological polar surface area (TPSA) is 54.5 Å². The highest BCUT2D eigenvalue weighted by atomic mass is 16.5. The van der Waals surface area contributed by atoms with E-state index in [4.69, 9.17) is 4.74 Å². The summed E-state index contributed by atoms with van der Waals surface area (Å²) < 4.78 is 5.15. The smallest absolute Gasteiger partial charge is 0.272 e. The summed E-state index contributed by atoms with van der Waals surface area (Å²) in [6.45, 7) is 3.17. The van der Waals surface area contributed by atoms with Crippen molar-refractivity contribution in [2.24, 2.45) is 0 Å². The normalized spacial score (nSPS) is 10.3. The van der Waals surface area contributed by atoms with E-state index in [9.17, 15) is 4.79 Å². The van der Waals surface area contributed by atoms with Crippen LogP contribution in [0.1, 0.15) is 23.0 Å².